The maximum absolute atomic E-state index is 11.1. The van der Waals surface area contributed by atoms with E-state index in [2.05, 4.69) is 0 Å². The minimum atomic E-state index is -0.841. The van der Waals surface area contributed by atoms with Crippen molar-refractivity contribution in [2.45, 2.75) is 19.2 Å². The van der Waals surface area contributed by atoms with Crippen LogP contribution in [0.25, 0.3) is 0 Å². The molecular weight excluding hydrogens is 160 g/mol. The van der Waals surface area contributed by atoms with Crippen LogP contribution in [0.5, 0.6) is 0 Å². The van der Waals surface area contributed by atoms with Gasteiger partial charge in [-0.3, -0.25) is 9.59 Å². The summed E-state index contributed by atoms with van der Waals surface area (Å²) in [6.45, 7) is 0.413. The van der Waals surface area contributed by atoms with Gasteiger partial charge in [-0.25, -0.2) is 9.36 Å². The molecule has 5 heteroatoms. The molecule has 1 aliphatic heterocycles. The third-order valence-corrected chi connectivity index (χ3v) is 1.99. The van der Waals surface area contributed by atoms with E-state index in [-0.39, 0.29) is 11.1 Å². The second kappa shape index (κ2) is 2.31. The number of fused-ring (bicyclic) bond motifs is 1. The van der Waals surface area contributed by atoms with E-state index in [9.17, 15) is 14.7 Å². The van der Waals surface area contributed by atoms with E-state index in [1.807, 2.05) is 0 Å². The van der Waals surface area contributed by atoms with Crippen LogP contribution in [-0.4, -0.2) is 14.5 Å². The number of aromatic nitrogens is 2. The monoisotopic (exact) mass is 168 g/mol. The fraction of sp³-hybridized carbons (Fsp3) is 0.429. The Balaban J connectivity index is 2.82. The number of hydrogen-bond donors (Lipinski definition) is 1. The number of hydrogen-bond acceptors (Lipinski definition) is 3. The van der Waals surface area contributed by atoms with Crippen molar-refractivity contribution in [2.24, 2.45) is 0 Å². The molecule has 0 aliphatic carbocycles. The van der Waals surface area contributed by atoms with Crippen LogP contribution in [-0.2, 0) is 6.54 Å². The van der Waals surface area contributed by atoms with E-state index in [1.54, 1.807) is 0 Å². The molecule has 2 heterocycles. The van der Waals surface area contributed by atoms with Crippen molar-refractivity contribution >= 4 is 0 Å². The van der Waals surface area contributed by atoms with Gasteiger partial charge in [-0.2, -0.15) is 0 Å². The normalized spacial score (nSPS) is 20.9. The Labute approximate surface area is 67.5 Å². The summed E-state index contributed by atoms with van der Waals surface area (Å²) >= 11 is 0. The molecule has 12 heavy (non-hydrogen) atoms. The van der Waals surface area contributed by atoms with Crippen LogP contribution >= 0.6 is 0 Å². The summed E-state index contributed by atoms with van der Waals surface area (Å²) in [6.07, 6.45) is -0.412. The Bertz CT molecular complexity index is 417. The van der Waals surface area contributed by atoms with Crippen molar-refractivity contribution < 1.29 is 5.11 Å². The summed E-state index contributed by atoms with van der Waals surface area (Å²) in [6, 6.07) is 2.39. The van der Waals surface area contributed by atoms with Crippen molar-refractivity contribution in [3.63, 3.8) is 0 Å². The fourth-order valence-electron chi connectivity index (χ4n) is 1.42. The molecule has 1 aromatic heterocycles. The van der Waals surface area contributed by atoms with Gasteiger partial charge in [-0.05, 0) is 0 Å². The van der Waals surface area contributed by atoms with Crippen LogP contribution in [0.1, 0.15) is 12.6 Å². The second-order valence-electron chi connectivity index (χ2n) is 2.75. The van der Waals surface area contributed by atoms with Gasteiger partial charge in [-0.15, -0.1) is 0 Å². The molecule has 1 aliphatic rings. The van der Waals surface area contributed by atoms with E-state index in [4.69, 9.17) is 0 Å². The Hall–Kier alpha value is -1.36. The second-order valence-corrected chi connectivity index (χ2v) is 2.75. The molecule has 0 bridgehead atoms. The van der Waals surface area contributed by atoms with E-state index in [0.29, 0.717) is 13.0 Å². The molecule has 0 fully saturated rings. The van der Waals surface area contributed by atoms with Gasteiger partial charge in [0.15, 0.2) is 6.23 Å². The van der Waals surface area contributed by atoms with Gasteiger partial charge in [0.05, 0.1) is 0 Å². The van der Waals surface area contributed by atoms with Crippen LogP contribution in [0, 0.1) is 0 Å². The van der Waals surface area contributed by atoms with Gasteiger partial charge in [0.2, 0.25) is 0 Å². The zero-order chi connectivity index (χ0) is 8.72. The quantitative estimate of drug-likeness (QED) is 0.535. The first-order valence-electron chi connectivity index (χ1n) is 3.71. The lowest BCUT2D eigenvalue weighted by Crippen LogP contribution is -2.34. The molecule has 5 nitrogen and oxygen atoms in total. The van der Waals surface area contributed by atoms with E-state index in [0.717, 1.165) is 4.68 Å². The van der Waals surface area contributed by atoms with Crippen LogP contribution in [0.15, 0.2) is 21.7 Å². The van der Waals surface area contributed by atoms with Crippen molar-refractivity contribution in [1.82, 2.24) is 9.36 Å². The van der Waals surface area contributed by atoms with Crippen molar-refractivity contribution in [3.8, 4) is 0 Å². The highest BCUT2D eigenvalue weighted by atomic mass is 16.3. The summed E-state index contributed by atoms with van der Waals surface area (Å²) in [5.41, 5.74) is -0.578. The van der Waals surface area contributed by atoms with Crippen LogP contribution in [0.4, 0.5) is 0 Å². The SMILES string of the molecule is O=c1ccc(=O)n2n1CC[C@H]2O. The largest absolute Gasteiger partial charge is 0.372 e. The van der Waals surface area contributed by atoms with Gasteiger partial charge in [-0.1, -0.05) is 0 Å². The number of rotatable bonds is 0. The third-order valence-electron chi connectivity index (χ3n) is 1.99. The van der Waals surface area contributed by atoms with Gasteiger partial charge in [0.1, 0.15) is 0 Å². The van der Waals surface area contributed by atoms with Gasteiger partial charge < -0.3 is 5.11 Å². The minimum Gasteiger partial charge on any atom is -0.372 e. The van der Waals surface area contributed by atoms with Gasteiger partial charge >= 0.3 is 0 Å². The number of aliphatic hydroxyl groups is 1. The first-order chi connectivity index (χ1) is 5.70. The average Bonchev–Trinajstić information content (AvgIpc) is 2.42. The molecule has 1 aromatic rings. The van der Waals surface area contributed by atoms with Crippen molar-refractivity contribution in [3.05, 3.63) is 32.8 Å². The highest BCUT2D eigenvalue weighted by Gasteiger charge is 2.20. The maximum Gasteiger partial charge on any atom is 0.267 e. The minimum absolute atomic E-state index is 0.244. The standard InChI is InChI=1S/C7H8N2O3/c10-5-1-2-6(11)9-7(12)3-4-8(5)9/h1-2,7,12H,3-4H2/t7-/m1/s1. The zero-order valence-corrected chi connectivity index (χ0v) is 6.30. The third kappa shape index (κ3) is 0.831. The summed E-state index contributed by atoms with van der Waals surface area (Å²) in [4.78, 5) is 22.2. The lowest BCUT2D eigenvalue weighted by molar-refractivity contribution is 0.101. The Morgan fingerprint density at radius 3 is 2.67 bits per heavy atom. The fourth-order valence-corrected chi connectivity index (χ4v) is 1.42. The zero-order valence-electron chi connectivity index (χ0n) is 6.30. The Kier molecular flexibility index (Phi) is 1.41. The molecule has 0 saturated carbocycles. The predicted octanol–water partition coefficient (Wildman–Crippen LogP) is -1.10. The molecule has 64 valence electrons. The van der Waals surface area contributed by atoms with Crippen LogP contribution < -0.4 is 11.1 Å². The Morgan fingerprint density at radius 2 is 2.00 bits per heavy atom. The topological polar surface area (TPSA) is 64.2 Å². The van der Waals surface area contributed by atoms with Crippen LogP contribution in [0.2, 0.25) is 0 Å². The van der Waals surface area contributed by atoms with E-state index < -0.39 is 6.23 Å². The molecule has 0 unspecified atom stereocenters. The number of nitrogens with zero attached hydrogens (tertiary/aromatic N) is 2. The summed E-state index contributed by atoms with van der Waals surface area (Å²) in [7, 11) is 0. The molecule has 0 saturated heterocycles. The van der Waals surface area contributed by atoms with Crippen molar-refractivity contribution in [1.29, 1.82) is 0 Å². The molecule has 1 N–H and O–H groups in total. The molecule has 0 spiro atoms. The molecular formula is C7H8N2O3. The Morgan fingerprint density at radius 1 is 1.33 bits per heavy atom. The maximum atomic E-state index is 11.1. The van der Waals surface area contributed by atoms with E-state index in [1.165, 1.54) is 16.8 Å². The first kappa shape index (κ1) is 7.30. The van der Waals surface area contributed by atoms with Gasteiger partial charge in [0.25, 0.3) is 11.1 Å². The molecule has 0 amide bonds. The predicted molar refractivity (Wildman–Crippen MR) is 40.8 cm³/mol. The first-order valence-corrected chi connectivity index (χ1v) is 3.71. The molecule has 0 radical (unpaired) electrons. The van der Waals surface area contributed by atoms with Gasteiger partial charge in [0, 0.05) is 25.1 Å². The average molecular weight is 168 g/mol. The van der Waals surface area contributed by atoms with Crippen LogP contribution in [0.3, 0.4) is 0 Å². The molecule has 2 rings (SSSR count). The summed E-state index contributed by atoms with van der Waals surface area (Å²) in [5.74, 6) is 0. The van der Waals surface area contributed by atoms with E-state index >= 15 is 0 Å². The lowest BCUT2D eigenvalue weighted by atomic mass is 10.4. The smallest absolute Gasteiger partial charge is 0.267 e. The number of aliphatic hydroxyl groups excluding tert-OH is 1. The lowest BCUT2D eigenvalue weighted by Gasteiger charge is -2.06. The molecule has 1 atom stereocenters. The highest BCUT2D eigenvalue weighted by Crippen LogP contribution is 2.11. The summed E-state index contributed by atoms with van der Waals surface area (Å²) in [5, 5.41) is 9.29. The van der Waals surface area contributed by atoms with Crippen molar-refractivity contribution in [2.75, 3.05) is 0 Å². The summed E-state index contributed by atoms with van der Waals surface area (Å²) < 4.78 is 2.34. The highest BCUT2D eigenvalue weighted by molar-refractivity contribution is 4.91. The molecule has 0 aromatic carbocycles.